The van der Waals surface area contributed by atoms with Crippen molar-refractivity contribution in [3.05, 3.63) is 49.8 Å². The minimum Gasteiger partial charge on any atom is -0.365 e. The van der Waals surface area contributed by atoms with E-state index < -0.39 is 11.8 Å². The molecule has 2 amide bonds. The number of benzene rings is 1. The molecule has 0 saturated heterocycles. The topological polar surface area (TPSA) is 76.6 Å². The van der Waals surface area contributed by atoms with Crippen LogP contribution < -0.4 is 16.0 Å². The predicted octanol–water partition coefficient (Wildman–Crippen LogP) is 2.37. The molecule has 0 bridgehead atoms. The van der Waals surface area contributed by atoms with Crippen molar-refractivity contribution in [1.82, 2.24) is 0 Å². The van der Waals surface area contributed by atoms with Crippen LogP contribution in [0.3, 0.4) is 0 Å². The summed E-state index contributed by atoms with van der Waals surface area (Å²) in [7, 11) is 0. The number of hydrogen-bond acceptors (Lipinski definition) is 3. The number of nitrogens with one attached hydrogen (secondary N) is 2. The maximum absolute atomic E-state index is 12.6. The molecule has 132 valence electrons. The second kappa shape index (κ2) is 7.33. The van der Waals surface area contributed by atoms with Crippen molar-refractivity contribution in [2.45, 2.75) is 19.9 Å². The molecule has 0 aliphatic carbocycles. The number of thiophene rings is 1. The van der Waals surface area contributed by atoms with Gasteiger partial charge in [0.2, 0.25) is 0 Å². The van der Waals surface area contributed by atoms with Crippen LogP contribution in [0.2, 0.25) is 10.0 Å². The monoisotopic (exact) mass is 398 g/mol. The summed E-state index contributed by atoms with van der Waals surface area (Å²) in [4.78, 5) is 27.1. The van der Waals surface area contributed by atoms with E-state index in [0.717, 1.165) is 36.5 Å². The normalized spacial score (nSPS) is 16.4. The van der Waals surface area contributed by atoms with E-state index in [0.29, 0.717) is 20.6 Å². The first kappa shape index (κ1) is 18.2. The van der Waals surface area contributed by atoms with Gasteiger partial charge in [-0.25, -0.2) is 0 Å². The molecule has 1 aliphatic rings. The molecule has 0 fully saturated rings. The zero-order valence-corrected chi connectivity index (χ0v) is 15.9. The van der Waals surface area contributed by atoms with E-state index in [1.54, 1.807) is 12.1 Å². The number of fused-ring (bicyclic) bond motifs is 1. The Bertz CT molecular complexity index is 851. The minimum absolute atomic E-state index is 0.261. The highest BCUT2D eigenvalue weighted by atomic mass is 35.5. The van der Waals surface area contributed by atoms with Gasteiger partial charge in [-0.05, 0) is 30.7 Å². The first-order chi connectivity index (χ1) is 11.9. The quantitative estimate of drug-likeness (QED) is 0.739. The fourth-order valence-electron chi connectivity index (χ4n) is 3.03. The molecule has 2 aromatic rings. The first-order valence-electron chi connectivity index (χ1n) is 7.95. The Morgan fingerprint density at radius 2 is 2.12 bits per heavy atom. The fraction of sp³-hybridized carbons (Fsp3) is 0.294. The lowest BCUT2D eigenvalue weighted by atomic mass is 10.0. The van der Waals surface area contributed by atoms with Gasteiger partial charge in [0.15, 0.2) is 0 Å². The Hall–Kier alpha value is -1.60. The molecule has 2 heterocycles. The third-order valence-electron chi connectivity index (χ3n) is 4.38. The third kappa shape index (κ3) is 3.67. The van der Waals surface area contributed by atoms with Crippen LogP contribution in [0.1, 0.15) is 38.1 Å². The molecule has 25 heavy (non-hydrogen) atoms. The molecule has 1 aromatic heterocycles. The predicted molar refractivity (Wildman–Crippen MR) is 101 cm³/mol. The molecular formula is C17H18Cl2N3O2S+. The lowest BCUT2D eigenvalue weighted by Crippen LogP contribution is -3.11. The first-order valence-corrected chi connectivity index (χ1v) is 9.52. The van der Waals surface area contributed by atoms with E-state index in [1.165, 1.54) is 22.3 Å². The van der Waals surface area contributed by atoms with Gasteiger partial charge in [-0.3, -0.25) is 9.59 Å². The van der Waals surface area contributed by atoms with E-state index in [2.05, 4.69) is 12.2 Å². The third-order valence-corrected chi connectivity index (χ3v) is 6.09. The zero-order valence-electron chi connectivity index (χ0n) is 13.6. The number of anilines is 1. The minimum atomic E-state index is -0.523. The number of carbonyl (C=O) groups excluding carboxylic acids is 2. The van der Waals surface area contributed by atoms with Crippen LogP contribution in [0.25, 0.3) is 0 Å². The summed E-state index contributed by atoms with van der Waals surface area (Å²) < 4.78 is 0. The summed E-state index contributed by atoms with van der Waals surface area (Å²) in [6.07, 6.45) is 0.779. The lowest BCUT2D eigenvalue weighted by Gasteiger charge is -2.22. The number of primary amides is 1. The van der Waals surface area contributed by atoms with Crippen molar-refractivity contribution in [2.24, 2.45) is 5.73 Å². The molecule has 1 aromatic carbocycles. The number of halogens is 2. The van der Waals surface area contributed by atoms with Gasteiger partial charge < -0.3 is 16.0 Å². The Balaban J connectivity index is 1.95. The van der Waals surface area contributed by atoms with Crippen molar-refractivity contribution in [1.29, 1.82) is 0 Å². The van der Waals surface area contributed by atoms with Gasteiger partial charge >= 0.3 is 0 Å². The molecule has 1 aliphatic heterocycles. The summed E-state index contributed by atoms with van der Waals surface area (Å²) in [5.41, 5.74) is 7.22. The number of rotatable bonds is 4. The van der Waals surface area contributed by atoms with Gasteiger partial charge in [-0.1, -0.05) is 23.2 Å². The summed E-state index contributed by atoms with van der Waals surface area (Å²) >= 11 is 13.4. The molecule has 1 unspecified atom stereocenters. The van der Waals surface area contributed by atoms with E-state index in [4.69, 9.17) is 28.9 Å². The van der Waals surface area contributed by atoms with Crippen LogP contribution in [0.15, 0.2) is 18.2 Å². The average Bonchev–Trinajstić information content (AvgIpc) is 2.93. The smallest absolute Gasteiger partial charge is 0.257 e. The standard InChI is InChI=1S/C17H17Cl2N3O2S/c1-2-22-6-5-10-13(8-22)25-17(14(10)15(20)23)21-16(24)11-7-9(18)3-4-12(11)19/h3-4,7H,2,5-6,8H2,1H3,(H2,20,23)(H,21,24)/p+1. The molecule has 0 radical (unpaired) electrons. The van der Waals surface area contributed by atoms with Crippen LogP contribution in [-0.4, -0.2) is 24.9 Å². The molecule has 0 saturated carbocycles. The fourth-order valence-corrected chi connectivity index (χ4v) is 4.72. The highest BCUT2D eigenvalue weighted by molar-refractivity contribution is 7.17. The number of likely N-dealkylation sites (N-methyl/N-ethyl adjacent to an activating group) is 1. The van der Waals surface area contributed by atoms with Gasteiger partial charge in [0, 0.05) is 11.4 Å². The zero-order chi connectivity index (χ0) is 18.1. The van der Waals surface area contributed by atoms with Crippen LogP contribution in [0.4, 0.5) is 5.00 Å². The van der Waals surface area contributed by atoms with E-state index in [-0.39, 0.29) is 5.56 Å². The van der Waals surface area contributed by atoms with Crippen LogP contribution in [0.5, 0.6) is 0 Å². The SMILES string of the molecule is CC[NH+]1CCc2c(sc(NC(=O)c3cc(Cl)ccc3Cl)c2C(N)=O)C1. The Labute approximate surface area is 159 Å². The number of quaternary nitrogens is 1. The van der Waals surface area contributed by atoms with Gasteiger partial charge in [0.25, 0.3) is 11.8 Å². The van der Waals surface area contributed by atoms with Gasteiger partial charge in [0.1, 0.15) is 11.5 Å². The molecule has 1 atom stereocenters. The van der Waals surface area contributed by atoms with Crippen molar-refractivity contribution < 1.29 is 14.5 Å². The highest BCUT2D eigenvalue weighted by Crippen LogP contribution is 2.35. The van der Waals surface area contributed by atoms with Crippen LogP contribution >= 0.6 is 34.5 Å². The average molecular weight is 399 g/mol. The van der Waals surface area contributed by atoms with Crippen molar-refractivity contribution in [3.63, 3.8) is 0 Å². The number of nitrogens with two attached hydrogens (primary N) is 1. The van der Waals surface area contributed by atoms with Gasteiger partial charge in [-0.2, -0.15) is 0 Å². The molecule has 5 nitrogen and oxygen atoms in total. The van der Waals surface area contributed by atoms with Crippen molar-refractivity contribution in [3.8, 4) is 0 Å². The van der Waals surface area contributed by atoms with Gasteiger partial charge in [-0.15, -0.1) is 11.3 Å². The molecule has 8 heteroatoms. The largest absolute Gasteiger partial charge is 0.365 e. The number of amides is 2. The van der Waals surface area contributed by atoms with Crippen molar-refractivity contribution >= 4 is 51.4 Å². The Morgan fingerprint density at radius 3 is 2.80 bits per heavy atom. The lowest BCUT2D eigenvalue weighted by molar-refractivity contribution is -0.913. The van der Waals surface area contributed by atoms with E-state index in [1.807, 2.05) is 0 Å². The highest BCUT2D eigenvalue weighted by Gasteiger charge is 2.29. The van der Waals surface area contributed by atoms with Crippen LogP contribution in [-0.2, 0) is 13.0 Å². The molecule has 0 spiro atoms. The van der Waals surface area contributed by atoms with E-state index in [9.17, 15) is 9.59 Å². The Kier molecular flexibility index (Phi) is 5.34. The second-order valence-electron chi connectivity index (χ2n) is 5.93. The van der Waals surface area contributed by atoms with Crippen LogP contribution in [0, 0.1) is 0 Å². The maximum Gasteiger partial charge on any atom is 0.257 e. The molecular weight excluding hydrogens is 381 g/mol. The van der Waals surface area contributed by atoms with Gasteiger partial charge in [0.05, 0.1) is 34.1 Å². The second-order valence-corrected chi connectivity index (χ2v) is 7.88. The van der Waals surface area contributed by atoms with E-state index >= 15 is 0 Å². The Morgan fingerprint density at radius 1 is 1.36 bits per heavy atom. The summed E-state index contributed by atoms with van der Waals surface area (Å²) in [5, 5.41) is 3.99. The molecule has 4 N–H and O–H groups in total. The number of carbonyl (C=O) groups is 2. The molecule has 3 rings (SSSR count). The summed E-state index contributed by atoms with van der Waals surface area (Å²) in [6, 6.07) is 4.68. The maximum atomic E-state index is 12.6. The summed E-state index contributed by atoms with van der Waals surface area (Å²) in [5.74, 6) is -0.932. The van der Waals surface area contributed by atoms with Crippen molar-refractivity contribution in [2.75, 3.05) is 18.4 Å². The number of hydrogen-bond donors (Lipinski definition) is 3. The summed E-state index contributed by atoms with van der Waals surface area (Å²) in [6.45, 7) is 4.94.